The van der Waals surface area contributed by atoms with Crippen molar-refractivity contribution in [2.24, 2.45) is 0 Å². The molecule has 0 N–H and O–H groups in total. The number of carbonyl (C=O) groups is 1. The van der Waals surface area contributed by atoms with E-state index in [-0.39, 0.29) is 11.4 Å². The Labute approximate surface area is 200 Å². The molecular weight excluding hydrogens is 432 g/mol. The number of aryl methyl sites for hydroxylation is 1. The van der Waals surface area contributed by atoms with Crippen LogP contribution in [0.15, 0.2) is 24.3 Å². The predicted octanol–water partition coefficient (Wildman–Crippen LogP) is 3.88. The van der Waals surface area contributed by atoms with E-state index >= 15 is 0 Å². The number of aromatic nitrogens is 2. The van der Waals surface area contributed by atoms with Crippen LogP contribution in [0.25, 0.3) is 0 Å². The average Bonchev–Trinajstić information content (AvgIpc) is 3.46. The van der Waals surface area contributed by atoms with Crippen molar-refractivity contribution in [3.05, 3.63) is 35.7 Å². The second-order valence-corrected chi connectivity index (χ2v) is 11.4. The molecule has 5 heterocycles. The zero-order valence-corrected chi connectivity index (χ0v) is 20.7. The summed E-state index contributed by atoms with van der Waals surface area (Å²) < 4.78 is 4.43. The second-order valence-electron chi connectivity index (χ2n) is 10.6. The number of nitrogens with zero attached hydrogens (tertiary/aromatic N) is 6. The van der Waals surface area contributed by atoms with Crippen LogP contribution in [0.5, 0.6) is 0 Å². The van der Waals surface area contributed by atoms with Gasteiger partial charge >= 0.3 is 6.03 Å². The second kappa shape index (κ2) is 7.94. The normalized spacial score (nSPS) is 28.4. The summed E-state index contributed by atoms with van der Waals surface area (Å²) in [4.78, 5) is 26.7. The van der Waals surface area contributed by atoms with E-state index in [4.69, 9.17) is 4.98 Å². The molecule has 6 rings (SSSR count). The van der Waals surface area contributed by atoms with Gasteiger partial charge in [0.1, 0.15) is 5.82 Å². The first kappa shape index (κ1) is 21.4. The van der Waals surface area contributed by atoms with Crippen LogP contribution < -0.4 is 9.80 Å². The Bertz CT molecular complexity index is 1030. The molecule has 7 nitrogen and oxygen atoms in total. The summed E-state index contributed by atoms with van der Waals surface area (Å²) in [5.41, 5.74) is 2.59. The summed E-state index contributed by atoms with van der Waals surface area (Å²) in [6.45, 7) is 5.06. The minimum absolute atomic E-state index is 0.0950. The lowest BCUT2D eigenvalue weighted by atomic mass is 9.73. The van der Waals surface area contributed by atoms with E-state index in [0.717, 1.165) is 49.1 Å². The number of carbonyl (C=O) groups excluding carboxylic acids is 1. The maximum atomic E-state index is 12.9. The molecule has 1 aromatic carbocycles. The van der Waals surface area contributed by atoms with Crippen molar-refractivity contribution in [3.8, 4) is 0 Å². The van der Waals surface area contributed by atoms with Gasteiger partial charge in [0.25, 0.3) is 0 Å². The van der Waals surface area contributed by atoms with Gasteiger partial charge in [0, 0.05) is 61.4 Å². The van der Waals surface area contributed by atoms with Crippen LogP contribution >= 0.6 is 11.5 Å². The van der Waals surface area contributed by atoms with E-state index < -0.39 is 0 Å². The number of para-hydroxylation sites is 1. The molecule has 0 radical (unpaired) electrons. The van der Waals surface area contributed by atoms with E-state index in [0.29, 0.717) is 18.1 Å². The van der Waals surface area contributed by atoms with Gasteiger partial charge in [-0.25, -0.2) is 9.78 Å². The maximum Gasteiger partial charge on any atom is 0.323 e. The van der Waals surface area contributed by atoms with E-state index in [9.17, 15) is 4.79 Å². The Hall–Kier alpha value is -2.19. The maximum absolute atomic E-state index is 12.9. The molecule has 4 aliphatic heterocycles. The molecule has 0 aliphatic carbocycles. The third kappa shape index (κ3) is 3.44. The molecule has 2 amide bonds. The van der Waals surface area contributed by atoms with E-state index in [1.165, 1.54) is 31.2 Å². The molecule has 8 heteroatoms. The molecule has 2 unspecified atom stereocenters. The fourth-order valence-corrected chi connectivity index (χ4v) is 7.76. The molecule has 4 aliphatic rings. The van der Waals surface area contributed by atoms with Gasteiger partial charge in [0.15, 0.2) is 0 Å². The van der Waals surface area contributed by atoms with E-state index in [1.54, 1.807) is 16.4 Å². The highest BCUT2D eigenvalue weighted by Gasteiger charge is 2.49. The number of hydrogen-bond donors (Lipinski definition) is 0. The number of likely N-dealkylation sites (tertiary alicyclic amines) is 1. The quantitative estimate of drug-likeness (QED) is 0.672. The summed E-state index contributed by atoms with van der Waals surface area (Å²) in [6, 6.07) is 10.6. The first-order valence-electron chi connectivity index (χ1n) is 12.4. The van der Waals surface area contributed by atoms with Gasteiger partial charge < -0.3 is 14.7 Å². The average molecular weight is 467 g/mol. The summed E-state index contributed by atoms with van der Waals surface area (Å²) in [6.07, 6.45) is 7.31. The Kier molecular flexibility index (Phi) is 5.14. The minimum atomic E-state index is 0.0950. The van der Waals surface area contributed by atoms with Crippen LogP contribution in [-0.4, -0.2) is 77.0 Å². The number of rotatable bonds is 2. The fraction of sp³-hybridized carbons (Fsp3) is 0.640. The van der Waals surface area contributed by atoms with Gasteiger partial charge in [0.05, 0.1) is 0 Å². The van der Waals surface area contributed by atoms with Gasteiger partial charge in [0.2, 0.25) is 5.13 Å². The Balaban J connectivity index is 1.16. The van der Waals surface area contributed by atoms with Crippen molar-refractivity contribution >= 4 is 28.4 Å². The van der Waals surface area contributed by atoms with Crippen molar-refractivity contribution in [2.75, 3.05) is 43.5 Å². The van der Waals surface area contributed by atoms with Gasteiger partial charge in [-0.1, -0.05) is 18.2 Å². The molecular formula is C25H34N6OS. The Morgan fingerprint density at radius 1 is 1.09 bits per heavy atom. The standard InChI is InChI=1S/C25H34N6OS/c1-17-26-23(33-27-17)31-18-8-9-19(31)15-20(14-18)29-12-10-25(11-13-29)16-30(24(32)28(2)3)22-7-5-4-6-21(22)25/h4-7,18-20H,8-16H2,1-3H3. The number of benzene rings is 1. The van der Waals surface area contributed by atoms with Crippen molar-refractivity contribution in [1.82, 2.24) is 19.2 Å². The Morgan fingerprint density at radius 3 is 2.42 bits per heavy atom. The van der Waals surface area contributed by atoms with E-state index in [2.05, 4.69) is 38.4 Å². The molecule has 33 heavy (non-hydrogen) atoms. The van der Waals surface area contributed by atoms with Crippen LogP contribution in [0.3, 0.4) is 0 Å². The number of urea groups is 1. The number of anilines is 2. The van der Waals surface area contributed by atoms with Crippen molar-refractivity contribution in [1.29, 1.82) is 0 Å². The lowest BCUT2D eigenvalue weighted by Crippen LogP contribution is -2.54. The molecule has 3 saturated heterocycles. The van der Waals surface area contributed by atoms with Crippen LogP contribution in [0.4, 0.5) is 15.6 Å². The first-order valence-corrected chi connectivity index (χ1v) is 13.1. The fourth-order valence-electron chi connectivity index (χ4n) is 6.94. The highest BCUT2D eigenvalue weighted by molar-refractivity contribution is 7.09. The van der Waals surface area contributed by atoms with Crippen LogP contribution in [0.2, 0.25) is 0 Å². The highest BCUT2D eigenvalue weighted by Crippen LogP contribution is 2.48. The summed E-state index contributed by atoms with van der Waals surface area (Å²) >= 11 is 1.57. The number of fused-ring (bicyclic) bond motifs is 4. The largest absolute Gasteiger partial charge is 0.341 e. The molecule has 1 spiro atoms. The topological polar surface area (TPSA) is 55.8 Å². The third-order valence-corrected chi connectivity index (χ3v) is 9.38. The zero-order valence-electron chi connectivity index (χ0n) is 19.9. The predicted molar refractivity (Wildman–Crippen MR) is 132 cm³/mol. The van der Waals surface area contributed by atoms with Crippen LogP contribution in [-0.2, 0) is 5.41 Å². The minimum Gasteiger partial charge on any atom is -0.341 e. The lowest BCUT2D eigenvalue weighted by molar-refractivity contribution is 0.0949. The summed E-state index contributed by atoms with van der Waals surface area (Å²) in [5.74, 6) is 0.900. The first-order chi connectivity index (χ1) is 15.9. The van der Waals surface area contributed by atoms with Gasteiger partial charge in [-0.15, -0.1) is 0 Å². The summed E-state index contributed by atoms with van der Waals surface area (Å²) in [7, 11) is 3.70. The zero-order chi connectivity index (χ0) is 22.7. The molecule has 176 valence electrons. The van der Waals surface area contributed by atoms with Gasteiger partial charge in [-0.05, 0) is 70.2 Å². The SMILES string of the molecule is Cc1nsc(N2C3CCC2CC(N2CCC4(CC2)CN(C(=O)N(C)C)c2ccccc24)C3)n1. The smallest absolute Gasteiger partial charge is 0.323 e. The van der Waals surface area contributed by atoms with Crippen LogP contribution in [0.1, 0.15) is 49.9 Å². The lowest BCUT2D eigenvalue weighted by Gasteiger charge is -2.47. The molecule has 3 fully saturated rings. The molecule has 1 aromatic heterocycles. The number of amides is 2. The monoisotopic (exact) mass is 466 g/mol. The Morgan fingerprint density at radius 2 is 1.79 bits per heavy atom. The van der Waals surface area contributed by atoms with Crippen molar-refractivity contribution < 1.29 is 4.79 Å². The van der Waals surface area contributed by atoms with E-state index in [1.807, 2.05) is 25.9 Å². The number of hydrogen-bond acceptors (Lipinski definition) is 6. The number of piperidine rings is 2. The molecule has 2 bridgehead atoms. The molecule has 2 aromatic rings. The molecule has 2 atom stereocenters. The van der Waals surface area contributed by atoms with Gasteiger partial charge in [-0.2, -0.15) is 4.37 Å². The van der Waals surface area contributed by atoms with Gasteiger partial charge in [-0.3, -0.25) is 4.90 Å². The van der Waals surface area contributed by atoms with Crippen LogP contribution in [0, 0.1) is 6.92 Å². The van der Waals surface area contributed by atoms with Crippen molar-refractivity contribution in [3.63, 3.8) is 0 Å². The molecule has 0 saturated carbocycles. The third-order valence-electron chi connectivity index (χ3n) is 8.56. The highest BCUT2D eigenvalue weighted by atomic mass is 32.1. The summed E-state index contributed by atoms with van der Waals surface area (Å²) in [5, 5.41) is 1.13. The van der Waals surface area contributed by atoms with Crippen molar-refractivity contribution in [2.45, 2.75) is 69.0 Å².